The molecule has 1 atom stereocenters. The third-order valence-corrected chi connectivity index (χ3v) is 3.94. The van der Waals surface area contributed by atoms with Crippen LogP contribution in [-0.4, -0.2) is 33.8 Å². The quantitative estimate of drug-likeness (QED) is 0.569. The highest BCUT2D eigenvalue weighted by Crippen LogP contribution is 2.33. The fraction of sp³-hybridized carbons (Fsp3) is 0.176. The van der Waals surface area contributed by atoms with E-state index in [-0.39, 0.29) is 11.5 Å². The summed E-state index contributed by atoms with van der Waals surface area (Å²) < 4.78 is 10.8. The molecule has 1 unspecified atom stereocenters. The van der Waals surface area contributed by atoms with Gasteiger partial charge in [0.2, 0.25) is 18.0 Å². The average molecular weight is 386 g/mol. The number of nitro groups is 2. The minimum absolute atomic E-state index is 0.0168. The zero-order valence-corrected chi connectivity index (χ0v) is 14.8. The van der Waals surface area contributed by atoms with E-state index < -0.39 is 33.4 Å². The van der Waals surface area contributed by atoms with E-state index in [2.05, 4.69) is 5.10 Å². The molecule has 1 amide bonds. The Hall–Kier alpha value is -4.02. The second-order valence-electron chi connectivity index (χ2n) is 5.76. The topological polar surface area (TPSA) is 137 Å². The van der Waals surface area contributed by atoms with E-state index >= 15 is 0 Å². The first-order chi connectivity index (χ1) is 13.3. The lowest BCUT2D eigenvalue weighted by molar-refractivity contribution is -0.394. The van der Waals surface area contributed by atoms with Crippen molar-refractivity contribution in [2.45, 2.75) is 13.2 Å². The molecule has 144 valence electrons. The summed E-state index contributed by atoms with van der Waals surface area (Å²) in [6, 6.07) is 9.73. The molecule has 0 spiro atoms. The van der Waals surface area contributed by atoms with Gasteiger partial charge in [-0.25, -0.2) is 0 Å². The first kappa shape index (κ1) is 18.8. The van der Waals surface area contributed by atoms with Crippen molar-refractivity contribution in [2.24, 2.45) is 5.10 Å². The highest BCUT2D eigenvalue weighted by molar-refractivity contribution is 5.97. The van der Waals surface area contributed by atoms with Gasteiger partial charge in [-0.3, -0.25) is 25.0 Å². The molecule has 11 nitrogen and oxygen atoms in total. The van der Waals surface area contributed by atoms with Crippen LogP contribution >= 0.6 is 0 Å². The third kappa shape index (κ3) is 3.58. The number of carbonyl (C=O) groups is 1. The number of rotatable bonds is 5. The number of hydrogen-bond donors (Lipinski definition) is 0. The minimum atomic E-state index is -0.920. The van der Waals surface area contributed by atoms with Crippen molar-refractivity contribution < 1.29 is 24.1 Å². The van der Waals surface area contributed by atoms with Gasteiger partial charge in [0.15, 0.2) is 0 Å². The van der Waals surface area contributed by atoms with Crippen LogP contribution in [0.1, 0.15) is 24.3 Å². The molecule has 0 saturated heterocycles. The second-order valence-corrected chi connectivity index (χ2v) is 5.76. The molecular weight excluding hydrogens is 372 g/mol. The van der Waals surface area contributed by atoms with Crippen LogP contribution in [0.15, 0.2) is 47.6 Å². The molecular formula is C17H14N4O7. The molecule has 0 radical (unpaired) electrons. The number of non-ortho nitro benzene ring substituents is 2. The highest BCUT2D eigenvalue weighted by atomic mass is 16.6. The summed E-state index contributed by atoms with van der Waals surface area (Å²) in [5, 5.41) is 27.3. The lowest BCUT2D eigenvalue weighted by Crippen LogP contribution is -2.25. The van der Waals surface area contributed by atoms with Crippen molar-refractivity contribution in [3.63, 3.8) is 0 Å². The van der Waals surface area contributed by atoms with Crippen LogP contribution in [-0.2, 0) is 9.53 Å². The molecule has 2 aromatic rings. The standard InChI is InChI=1S/C17H14N4O7/c1-10(22)19-17(11-3-5-15(27-2)6-4-11)28-16(18-19)12-7-13(20(23)24)9-14(8-12)21(25)26/h3-9,17H,1-2H3. The number of ether oxygens (including phenoxy) is 2. The van der Waals surface area contributed by atoms with Crippen LogP contribution in [0.25, 0.3) is 0 Å². The van der Waals surface area contributed by atoms with Crippen molar-refractivity contribution in [2.75, 3.05) is 7.11 Å². The first-order valence-electron chi connectivity index (χ1n) is 7.93. The van der Waals surface area contributed by atoms with Crippen molar-refractivity contribution in [1.29, 1.82) is 0 Å². The van der Waals surface area contributed by atoms with Crippen LogP contribution in [0.2, 0.25) is 0 Å². The maximum absolute atomic E-state index is 12.0. The number of benzene rings is 2. The van der Waals surface area contributed by atoms with E-state index in [1.807, 2.05) is 0 Å². The Morgan fingerprint density at radius 1 is 1.11 bits per heavy atom. The van der Waals surface area contributed by atoms with Crippen molar-refractivity contribution in [3.8, 4) is 5.75 Å². The zero-order valence-electron chi connectivity index (χ0n) is 14.8. The fourth-order valence-corrected chi connectivity index (χ4v) is 2.60. The summed E-state index contributed by atoms with van der Waals surface area (Å²) in [6.45, 7) is 1.28. The molecule has 0 bridgehead atoms. The summed E-state index contributed by atoms with van der Waals surface area (Å²) in [4.78, 5) is 32.6. The molecule has 0 aliphatic carbocycles. The molecule has 1 aliphatic heterocycles. The van der Waals surface area contributed by atoms with Crippen LogP contribution in [0.3, 0.4) is 0 Å². The molecule has 2 aromatic carbocycles. The molecule has 11 heteroatoms. The molecule has 1 aliphatic rings. The molecule has 3 rings (SSSR count). The largest absolute Gasteiger partial charge is 0.497 e. The Balaban J connectivity index is 2.01. The maximum atomic E-state index is 12.0. The van der Waals surface area contributed by atoms with E-state index in [9.17, 15) is 25.0 Å². The van der Waals surface area contributed by atoms with Crippen molar-refractivity contribution >= 4 is 23.2 Å². The van der Waals surface area contributed by atoms with Crippen LogP contribution in [0.4, 0.5) is 11.4 Å². The summed E-state index contributed by atoms with van der Waals surface area (Å²) in [6.07, 6.45) is -0.920. The number of hydrazone groups is 1. The Bertz CT molecular complexity index is 955. The number of nitrogens with zero attached hydrogens (tertiary/aromatic N) is 4. The van der Waals surface area contributed by atoms with Crippen LogP contribution in [0, 0.1) is 20.2 Å². The van der Waals surface area contributed by atoms with E-state index in [0.717, 1.165) is 23.2 Å². The lowest BCUT2D eigenvalue weighted by atomic mass is 10.1. The SMILES string of the molecule is COc1ccc(C2OC(c3cc([N+](=O)[O-])cc([N+](=O)[O-])c3)=NN2C(C)=O)cc1. The van der Waals surface area contributed by atoms with E-state index in [0.29, 0.717) is 11.3 Å². The number of hydrogen-bond acceptors (Lipinski definition) is 8. The first-order valence-corrected chi connectivity index (χ1v) is 7.93. The Morgan fingerprint density at radius 3 is 2.14 bits per heavy atom. The maximum Gasteiger partial charge on any atom is 0.277 e. The molecule has 0 saturated carbocycles. The fourth-order valence-electron chi connectivity index (χ4n) is 2.60. The van der Waals surface area contributed by atoms with Gasteiger partial charge >= 0.3 is 0 Å². The zero-order chi connectivity index (χ0) is 20.4. The summed E-state index contributed by atoms with van der Waals surface area (Å²) in [7, 11) is 1.51. The highest BCUT2D eigenvalue weighted by Gasteiger charge is 2.34. The third-order valence-electron chi connectivity index (χ3n) is 3.94. The molecule has 1 heterocycles. The normalized spacial score (nSPS) is 15.6. The number of methoxy groups -OCH3 is 1. The van der Waals surface area contributed by atoms with Gasteiger partial charge in [0, 0.05) is 24.6 Å². The van der Waals surface area contributed by atoms with Gasteiger partial charge in [0.05, 0.1) is 28.6 Å². The Morgan fingerprint density at radius 2 is 1.68 bits per heavy atom. The lowest BCUT2D eigenvalue weighted by Gasteiger charge is -2.19. The van der Waals surface area contributed by atoms with Crippen molar-refractivity contribution in [1.82, 2.24) is 5.01 Å². The Labute approximate surface area is 158 Å². The number of carbonyl (C=O) groups excluding carboxylic acids is 1. The number of nitro benzene ring substituents is 2. The minimum Gasteiger partial charge on any atom is -0.497 e. The predicted molar refractivity (Wildman–Crippen MR) is 95.6 cm³/mol. The van der Waals surface area contributed by atoms with Gasteiger partial charge in [0.1, 0.15) is 5.75 Å². The van der Waals surface area contributed by atoms with Gasteiger partial charge in [0.25, 0.3) is 11.4 Å². The van der Waals surface area contributed by atoms with E-state index in [4.69, 9.17) is 9.47 Å². The van der Waals surface area contributed by atoms with Crippen LogP contribution < -0.4 is 4.74 Å². The summed E-state index contributed by atoms with van der Waals surface area (Å²) >= 11 is 0. The van der Waals surface area contributed by atoms with Crippen molar-refractivity contribution in [3.05, 3.63) is 73.8 Å². The molecule has 0 fully saturated rings. The summed E-state index contributed by atoms with van der Waals surface area (Å²) in [5.41, 5.74) is -0.381. The number of amides is 1. The van der Waals surface area contributed by atoms with Gasteiger partial charge < -0.3 is 9.47 Å². The predicted octanol–water partition coefficient (Wildman–Crippen LogP) is 2.75. The Kier molecular flexibility index (Phi) is 4.90. The van der Waals surface area contributed by atoms with Gasteiger partial charge in [-0.05, 0) is 24.3 Å². The van der Waals surface area contributed by atoms with E-state index in [1.165, 1.54) is 14.0 Å². The smallest absolute Gasteiger partial charge is 0.277 e. The molecule has 0 N–H and O–H groups in total. The average Bonchev–Trinajstić information content (AvgIpc) is 3.13. The molecule has 28 heavy (non-hydrogen) atoms. The van der Waals surface area contributed by atoms with Gasteiger partial charge in [-0.2, -0.15) is 5.01 Å². The van der Waals surface area contributed by atoms with Crippen LogP contribution in [0.5, 0.6) is 5.75 Å². The van der Waals surface area contributed by atoms with E-state index in [1.54, 1.807) is 24.3 Å². The summed E-state index contributed by atoms with van der Waals surface area (Å²) in [5.74, 6) is 0.0325. The molecule has 0 aromatic heterocycles. The monoisotopic (exact) mass is 386 g/mol. The van der Waals surface area contributed by atoms with Gasteiger partial charge in [-0.1, -0.05) is 0 Å². The van der Waals surface area contributed by atoms with Gasteiger partial charge in [-0.15, -0.1) is 5.10 Å². The second kappa shape index (κ2) is 7.31.